The van der Waals surface area contributed by atoms with Crippen LogP contribution in [0.25, 0.3) is 10.2 Å². The second-order valence-corrected chi connectivity index (χ2v) is 5.94. The first kappa shape index (κ1) is 13.8. The van der Waals surface area contributed by atoms with Crippen LogP contribution in [0.4, 0.5) is 16.2 Å². The summed E-state index contributed by atoms with van der Waals surface area (Å²) in [4.78, 5) is 11.1. The second kappa shape index (κ2) is 5.65. The van der Waals surface area contributed by atoms with Gasteiger partial charge in [0.25, 0.3) is 0 Å². The molecule has 0 radical (unpaired) electrons. The number of aromatic nitrogens is 2. The maximum atomic E-state index is 12.9. The van der Waals surface area contributed by atoms with E-state index in [0.717, 1.165) is 21.6 Å². The lowest BCUT2D eigenvalue weighted by Gasteiger charge is -2.08. The molecule has 0 fully saturated rings. The van der Waals surface area contributed by atoms with Gasteiger partial charge in [0.05, 0.1) is 5.39 Å². The maximum absolute atomic E-state index is 12.9. The molecule has 3 aromatic rings. The highest BCUT2D eigenvalue weighted by molar-refractivity contribution is 7.18. The number of hydrogen-bond acceptors (Lipinski definition) is 5. The molecule has 3 rings (SSSR count). The number of thiophene rings is 1. The fraction of sp³-hybridized carbons (Fsp3) is 0.200. The molecule has 0 bridgehead atoms. The van der Waals surface area contributed by atoms with Gasteiger partial charge in [-0.05, 0) is 30.7 Å². The van der Waals surface area contributed by atoms with Crippen molar-refractivity contribution >= 4 is 33.3 Å². The summed E-state index contributed by atoms with van der Waals surface area (Å²) in [5.41, 5.74) is 1.00. The quantitative estimate of drug-likeness (QED) is 0.770. The van der Waals surface area contributed by atoms with Crippen molar-refractivity contribution in [3.05, 3.63) is 46.6 Å². The number of benzene rings is 1. The minimum absolute atomic E-state index is 0.228. The van der Waals surface area contributed by atoms with Crippen molar-refractivity contribution in [1.82, 2.24) is 9.97 Å². The van der Waals surface area contributed by atoms with Gasteiger partial charge in [0.1, 0.15) is 16.5 Å². The van der Waals surface area contributed by atoms with Crippen LogP contribution in [-0.2, 0) is 6.54 Å². The molecule has 0 aliphatic heterocycles. The van der Waals surface area contributed by atoms with Crippen LogP contribution < -0.4 is 10.6 Å². The first-order valence-electron chi connectivity index (χ1n) is 6.60. The highest BCUT2D eigenvalue weighted by atomic mass is 32.1. The Morgan fingerprint density at radius 2 is 1.95 bits per heavy atom. The first-order chi connectivity index (χ1) is 10.2. The minimum atomic E-state index is -0.228. The van der Waals surface area contributed by atoms with Gasteiger partial charge in [-0.25, -0.2) is 9.37 Å². The van der Waals surface area contributed by atoms with Crippen LogP contribution in [0.3, 0.4) is 0 Å². The molecule has 21 heavy (non-hydrogen) atoms. The van der Waals surface area contributed by atoms with Gasteiger partial charge in [-0.3, -0.25) is 0 Å². The summed E-state index contributed by atoms with van der Waals surface area (Å²) in [5.74, 6) is 1.15. The fourth-order valence-electron chi connectivity index (χ4n) is 2.08. The van der Waals surface area contributed by atoms with Crippen LogP contribution in [0.2, 0.25) is 0 Å². The van der Waals surface area contributed by atoms with Gasteiger partial charge >= 0.3 is 0 Å². The van der Waals surface area contributed by atoms with Gasteiger partial charge < -0.3 is 10.6 Å². The van der Waals surface area contributed by atoms with E-state index < -0.39 is 0 Å². The van der Waals surface area contributed by atoms with Crippen molar-refractivity contribution in [3.63, 3.8) is 0 Å². The van der Waals surface area contributed by atoms with Crippen molar-refractivity contribution < 1.29 is 4.39 Å². The highest BCUT2D eigenvalue weighted by Gasteiger charge is 2.09. The van der Waals surface area contributed by atoms with E-state index in [1.165, 1.54) is 17.0 Å². The van der Waals surface area contributed by atoms with Crippen molar-refractivity contribution in [2.45, 2.75) is 13.5 Å². The number of aryl methyl sites for hydroxylation is 1. The summed E-state index contributed by atoms with van der Waals surface area (Å²) < 4.78 is 12.9. The molecular weight excluding hydrogens is 287 g/mol. The molecule has 0 spiro atoms. The van der Waals surface area contributed by atoms with E-state index in [0.29, 0.717) is 12.5 Å². The van der Waals surface area contributed by atoms with Crippen molar-refractivity contribution in [3.8, 4) is 0 Å². The van der Waals surface area contributed by atoms with Gasteiger partial charge in [-0.15, -0.1) is 11.3 Å². The number of halogens is 1. The van der Waals surface area contributed by atoms with Gasteiger partial charge in [0.2, 0.25) is 5.95 Å². The van der Waals surface area contributed by atoms with E-state index in [4.69, 9.17) is 0 Å². The standard InChI is InChI=1S/C15H15FN4S/c1-9-7-12-13(19-15(17-2)20-14(12)21-9)18-8-10-3-5-11(16)6-4-10/h3-7H,8H2,1-2H3,(H2,17,18,19,20). The van der Waals surface area contributed by atoms with E-state index in [-0.39, 0.29) is 5.82 Å². The van der Waals surface area contributed by atoms with E-state index in [1.54, 1.807) is 30.5 Å². The van der Waals surface area contributed by atoms with Crippen LogP contribution >= 0.6 is 11.3 Å². The predicted octanol–water partition coefficient (Wildman–Crippen LogP) is 3.79. The lowest BCUT2D eigenvalue weighted by molar-refractivity contribution is 0.627. The molecule has 6 heteroatoms. The van der Waals surface area contributed by atoms with E-state index in [2.05, 4.69) is 33.6 Å². The normalized spacial score (nSPS) is 10.8. The number of anilines is 2. The first-order valence-corrected chi connectivity index (χ1v) is 7.41. The number of rotatable bonds is 4. The summed E-state index contributed by atoms with van der Waals surface area (Å²) in [7, 11) is 1.80. The summed E-state index contributed by atoms with van der Waals surface area (Å²) >= 11 is 1.64. The Labute approximate surface area is 126 Å². The van der Waals surface area contributed by atoms with Crippen LogP contribution in [0, 0.1) is 12.7 Å². The lowest BCUT2D eigenvalue weighted by Crippen LogP contribution is -2.04. The molecule has 0 saturated carbocycles. The Bertz CT molecular complexity index is 767. The summed E-state index contributed by atoms with van der Waals surface area (Å²) in [6, 6.07) is 8.52. The Hall–Kier alpha value is -2.21. The SMILES string of the molecule is CNc1nc(NCc2ccc(F)cc2)c2cc(C)sc2n1. The molecule has 0 aliphatic carbocycles. The monoisotopic (exact) mass is 302 g/mol. The molecule has 2 aromatic heterocycles. The summed E-state index contributed by atoms with van der Waals surface area (Å²) in [5, 5.41) is 7.29. The average molecular weight is 302 g/mol. The van der Waals surface area contributed by atoms with Crippen LogP contribution in [0.5, 0.6) is 0 Å². The highest BCUT2D eigenvalue weighted by Crippen LogP contribution is 2.29. The Kier molecular flexibility index (Phi) is 3.70. The van der Waals surface area contributed by atoms with E-state index >= 15 is 0 Å². The zero-order valence-electron chi connectivity index (χ0n) is 11.8. The molecule has 2 heterocycles. The van der Waals surface area contributed by atoms with Crippen LogP contribution in [0.15, 0.2) is 30.3 Å². The Balaban J connectivity index is 1.90. The molecule has 0 saturated heterocycles. The molecule has 0 unspecified atom stereocenters. The van der Waals surface area contributed by atoms with Crippen LogP contribution in [0.1, 0.15) is 10.4 Å². The van der Waals surface area contributed by atoms with E-state index in [9.17, 15) is 4.39 Å². The average Bonchev–Trinajstić information content (AvgIpc) is 2.86. The number of nitrogens with one attached hydrogen (secondary N) is 2. The number of hydrogen-bond donors (Lipinski definition) is 2. The Morgan fingerprint density at radius 3 is 2.67 bits per heavy atom. The number of nitrogens with zero attached hydrogens (tertiary/aromatic N) is 2. The van der Waals surface area contributed by atoms with Gasteiger partial charge in [-0.2, -0.15) is 4.98 Å². The molecule has 4 nitrogen and oxygen atoms in total. The number of fused-ring (bicyclic) bond motifs is 1. The maximum Gasteiger partial charge on any atom is 0.225 e. The molecule has 2 N–H and O–H groups in total. The van der Waals surface area contributed by atoms with Crippen molar-refractivity contribution in [2.24, 2.45) is 0 Å². The minimum Gasteiger partial charge on any atom is -0.365 e. The molecular formula is C15H15FN4S. The molecule has 0 atom stereocenters. The van der Waals surface area contributed by atoms with Crippen molar-refractivity contribution in [1.29, 1.82) is 0 Å². The smallest absolute Gasteiger partial charge is 0.225 e. The molecule has 0 amide bonds. The lowest BCUT2D eigenvalue weighted by atomic mass is 10.2. The molecule has 1 aromatic carbocycles. The topological polar surface area (TPSA) is 49.8 Å². The third-order valence-corrected chi connectivity index (χ3v) is 4.06. The van der Waals surface area contributed by atoms with Gasteiger partial charge in [0, 0.05) is 18.5 Å². The third kappa shape index (κ3) is 2.95. The van der Waals surface area contributed by atoms with Gasteiger partial charge in [0.15, 0.2) is 0 Å². The zero-order valence-corrected chi connectivity index (χ0v) is 12.6. The molecule has 0 aliphatic rings. The van der Waals surface area contributed by atoms with E-state index in [1.807, 2.05) is 0 Å². The third-order valence-electron chi connectivity index (χ3n) is 3.11. The fourth-order valence-corrected chi connectivity index (χ4v) is 2.96. The second-order valence-electron chi connectivity index (χ2n) is 4.70. The Morgan fingerprint density at radius 1 is 1.19 bits per heavy atom. The molecule has 108 valence electrons. The van der Waals surface area contributed by atoms with Crippen LogP contribution in [-0.4, -0.2) is 17.0 Å². The summed E-state index contributed by atoms with van der Waals surface area (Å²) in [6.07, 6.45) is 0. The zero-order chi connectivity index (χ0) is 14.8. The van der Waals surface area contributed by atoms with Crippen molar-refractivity contribution in [2.75, 3.05) is 17.7 Å². The summed E-state index contributed by atoms with van der Waals surface area (Å²) in [6.45, 7) is 2.64. The predicted molar refractivity (Wildman–Crippen MR) is 85.4 cm³/mol. The van der Waals surface area contributed by atoms with Gasteiger partial charge in [-0.1, -0.05) is 12.1 Å². The largest absolute Gasteiger partial charge is 0.365 e.